The van der Waals surface area contributed by atoms with Crippen molar-refractivity contribution in [3.63, 3.8) is 0 Å². The highest BCUT2D eigenvalue weighted by molar-refractivity contribution is 5.94. The van der Waals surface area contributed by atoms with Gasteiger partial charge in [0.2, 0.25) is 11.9 Å². The molecule has 0 atom stereocenters. The van der Waals surface area contributed by atoms with E-state index < -0.39 is 0 Å². The van der Waals surface area contributed by atoms with E-state index in [1.807, 2.05) is 12.1 Å². The number of aryl methyl sites for hydroxylation is 1. The molecule has 1 aromatic carbocycles. The smallest absolute Gasteiger partial charge is 0.319 e. The van der Waals surface area contributed by atoms with E-state index in [0.29, 0.717) is 12.4 Å². The minimum atomic E-state index is -0.149. The molecule has 1 aliphatic heterocycles. The molecule has 1 saturated carbocycles. The Morgan fingerprint density at radius 2 is 1.83 bits per heavy atom. The molecule has 9 nitrogen and oxygen atoms in total. The van der Waals surface area contributed by atoms with Crippen LogP contribution >= 0.6 is 0 Å². The highest BCUT2D eigenvalue weighted by Gasteiger charge is 2.23. The third-order valence-electron chi connectivity index (χ3n) is 5.55. The summed E-state index contributed by atoms with van der Waals surface area (Å²) < 4.78 is 0. The number of para-hydroxylation sites is 1. The van der Waals surface area contributed by atoms with Crippen molar-refractivity contribution in [3.05, 3.63) is 29.6 Å². The Labute approximate surface area is 170 Å². The van der Waals surface area contributed by atoms with Gasteiger partial charge in [-0.1, -0.05) is 31.4 Å². The number of nitrogens with one attached hydrogen (secondary N) is 2. The van der Waals surface area contributed by atoms with Crippen molar-refractivity contribution in [2.75, 3.05) is 28.2 Å². The molecule has 29 heavy (non-hydrogen) atoms. The van der Waals surface area contributed by atoms with Gasteiger partial charge in [-0.25, -0.2) is 4.79 Å². The number of hydrogen-bond acceptors (Lipinski definition) is 7. The molecule has 2 aliphatic rings. The number of urea groups is 1. The van der Waals surface area contributed by atoms with Crippen LogP contribution in [0.15, 0.2) is 18.2 Å². The van der Waals surface area contributed by atoms with Gasteiger partial charge in [-0.05, 0) is 37.3 Å². The lowest BCUT2D eigenvalue weighted by Crippen LogP contribution is -2.39. The first-order valence-electron chi connectivity index (χ1n) is 10.3. The molecule has 2 aromatic rings. The third kappa shape index (κ3) is 4.67. The van der Waals surface area contributed by atoms with Gasteiger partial charge in [0.05, 0.1) is 17.9 Å². The molecule has 0 spiro atoms. The normalized spacial score (nSPS) is 16.9. The lowest BCUT2D eigenvalue weighted by atomic mass is 9.96. The van der Waals surface area contributed by atoms with Crippen LogP contribution in [0.25, 0.3) is 0 Å². The van der Waals surface area contributed by atoms with Gasteiger partial charge >= 0.3 is 6.03 Å². The SMILES string of the molecule is Nc1nc(N)nc(CN2CCCc3cccc(NC(=O)NC4CCCCC4)c32)n1. The standard InChI is InChI=1S/C20H28N8O/c21-18-25-16(26-19(22)27-18)12-28-11-5-7-13-6-4-10-15(17(13)28)24-20(29)23-14-8-2-1-3-9-14/h4,6,10,14H,1-3,5,7-9,11-12H2,(H2,23,24,29)(H4,21,22,25,26,27). The first kappa shape index (κ1) is 19.2. The minimum Gasteiger partial charge on any atom is -0.368 e. The number of carbonyl (C=O) groups is 1. The summed E-state index contributed by atoms with van der Waals surface area (Å²) in [6.07, 6.45) is 7.69. The number of amides is 2. The fourth-order valence-electron chi connectivity index (χ4n) is 4.29. The van der Waals surface area contributed by atoms with E-state index in [-0.39, 0.29) is 24.0 Å². The maximum Gasteiger partial charge on any atom is 0.319 e. The van der Waals surface area contributed by atoms with Gasteiger partial charge in [-0.2, -0.15) is 15.0 Å². The third-order valence-corrected chi connectivity index (χ3v) is 5.55. The Kier molecular flexibility index (Phi) is 5.64. The largest absolute Gasteiger partial charge is 0.368 e. The van der Waals surface area contributed by atoms with Gasteiger partial charge in [-0.3, -0.25) is 0 Å². The molecule has 1 fully saturated rings. The summed E-state index contributed by atoms with van der Waals surface area (Å²) in [5, 5.41) is 6.18. The van der Waals surface area contributed by atoms with E-state index in [9.17, 15) is 4.79 Å². The summed E-state index contributed by atoms with van der Waals surface area (Å²) in [5.74, 6) is 0.746. The van der Waals surface area contributed by atoms with Crippen LogP contribution in [0.5, 0.6) is 0 Å². The minimum absolute atomic E-state index is 0.114. The maximum absolute atomic E-state index is 12.6. The fraction of sp³-hybridized carbons (Fsp3) is 0.500. The Morgan fingerprint density at radius 1 is 1.07 bits per heavy atom. The number of nitrogen functional groups attached to an aromatic ring is 2. The molecule has 154 valence electrons. The molecule has 1 aliphatic carbocycles. The number of benzene rings is 1. The quantitative estimate of drug-likeness (QED) is 0.623. The van der Waals surface area contributed by atoms with Gasteiger partial charge in [-0.15, -0.1) is 0 Å². The molecular weight excluding hydrogens is 368 g/mol. The molecule has 9 heteroatoms. The number of rotatable bonds is 4. The van der Waals surface area contributed by atoms with Crippen molar-refractivity contribution < 1.29 is 4.79 Å². The summed E-state index contributed by atoms with van der Waals surface area (Å²) in [5.41, 5.74) is 14.4. The van der Waals surface area contributed by atoms with Crippen molar-refractivity contribution in [1.82, 2.24) is 20.3 Å². The van der Waals surface area contributed by atoms with Crippen molar-refractivity contribution >= 4 is 29.3 Å². The molecular formula is C20H28N8O. The predicted octanol–water partition coefficient (Wildman–Crippen LogP) is 2.44. The van der Waals surface area contributed by atoms with Gasteiger partial charge in [0.15, 0.2) is 5.82 Å². The van der Waals surface area contributed by atoms with Crippen LogP contribution in [-0.4, -0.2) is 33.6 Å². The Hall–Kier alpha value is -3.10. The lowest BCUT2D eigenvalue weighted by molar-refractivity contribution is 0.244. The number of hydrogen-bond donors (Lipinski definition) is 4. The van der Waals surface area contributed by atoms with Crippen LogP contribution in [-0.2, 0) is 13.0 Å². The van der Waals surface area contributed by atoms with Crippen molar-refractivity contribution in [2.24, 2.45) is 0 Å². The zero-order valence-electron chi connectivity index (χ0n) is 16.5. The summed E-state index contributed by atoms with van der Waals surface area (Å²) in [6.45, 7) is 1.29. The fourth-order valence-corrected chi connectivity index (χ4v) is 4.29. The summed E-state index contributed by atoms with van der Waals surface area (Å²) >= 11 is 0. The molecule has 0 unspecified atom stereocenters. The van der Waals surface area contributed by atoms with Crippen molar-refractivity contribution in [2.45, 2.75) is 57.5 Å². The second-order valence-electron chi connectivity index (χ2n) is 7.74. The molecule has 2 amide bonds. The number of carbonyl (C=O) groups excluding carboxylic acids is 1. The highest BCUT2D eigenvalue weighted by atomic mass is 16.2. The highest BCUT2D eigenvalue weighted by Crippen LogP contribution is 2.35. The van der Waals surface area contributed by atoms with Crippen LogP contribution in [0.3, 0.4) is 0 Å². The van der Waals surface area contributed by atoms with E-state index in [4.69, 9.17) is 11.5 Å². The molecule has 0 saturated heterocycles. The van der Waals surface area contributed by atoms with Crippen LogP contribution < -0.4 is 27.0 Å². The van der Waals surface area contributed by atoms with E-state index in [1.165, 1.54) is 24.8 Å². The number of nitrogens with two attached hydrogens (primary N) is 2. The van der Waals surface area contributed by atoms with Crippen molar-refractivity contribution in [1.29, 1.82) is 0 Å². The van der Waals surface area contributed by atoms with E-state index >= 15 is 0 Å². The average Bonchev–Trinajstić information content (AvgIpc) is 2.68. The zero-order valence-corrected chi connectivity index (χ0v) is 16.5. The van der Waals surface area contributed by atoms with Gasteiger partial charge in [0.25, 0.3) is 0 Å². The van der Waals surface area contributed by atoms with E-state index in [0.717, 1.165) is 43.6 Å². The summed E-state index contributed by atoms with van der Waals surface area (Å²) in [6, 6.07) is 6.13. The van der Waals surface area contributed by atoms with Crippen LogP contribution in [0.4, 0.5) is 28.1 Å². The van der Waals surface area contributed by atoms with Crippen LogP contribution in [0, 0.1) is 0 Å². The lowest BCUT2D eigenvalue weighted by Gasteiger charge is -2.33. The molecule has 0 radical (unpaired) electrons. The number of anilines is 4. The van der Waals surface area contributed by atoms with Gasteiger partial charge < -0.3 is 27.0 Å². The second kappa shape index (κ2) is 8.50. The van der Waals surface area contributed by atoms with E-state index in [1.54, 1.807) is 0 Å². The Bertz CT molecular complexity index is 861. The van der Waals surface area contributed by atoms with Crippen molar-refractivity contribution in [3.8, 4) is 0 Å². The monoisotopic (exact) mass is 396 g/mol. The molecule has 4 rings (SSSR count). The zero-order chi connectivity index (χ0) is 20.2. The summed E-state index contributed by atoms with van der Waals surface area (Å²) in [7, 11) is 0. The molecule has 2 heterocycles. The van der Waals surface area contributed by atoms with Crippen LogP contribution in [0.2, 0.25) is 0 Å². The van der Waals surface area contributed by atoms with Crippen LogP contribution in [0.1, 0.15) is 49.9 Å². The topological polar surface area (TPSA) is 135 Å². The molecule has 0 bridgehead atoms. The molecule has 6 N–H and O–H groups in total. The second-order valence-corrected chi connectivity index (χ2v) is 7.74. The van der Waals surface area contributed by atoms with Gasteiger partial charge in [0.1, 0.15) is 0 Å². The Morgan fingerprint density at radius 3 is 2.59 bits per heavy atom. The maximum atomic E-state index is 12.6. The number of nitrogens with zero attached hydrogens (tertiary/aromatic N) is 4. The summed E-state index contributed by atoms with van der Waals surface area (Å²) in [4.78, 5) is 27.0. The number of aromatic nitrogens is 3. The van der Waals surface area contributed by atoms with E-state index in [2.05, 4.69) is 36.6 Å². The Balaban J connectivity index is 1.53. The molecule has 1 aromatic heterocycles. The predicted molar refractivity (Wildman–Crippen MR) is 113 cm³/mol. The first-order chi connectivity index (χ1) is 14.1. The average molecular weight is 396 g/mol. The van der Waals surface area contributed by atoms with Gasteiger partial charge in [0, 0.05) is 12.6 Å². The number of fused-ring (bicyclic) bond motifs is 1. The first-order valence-corrected chi connectivity index (χ1v) is 10.3.